The fourth-order valence-corrected chi connectivity index (χ4v) is 5.06. The molecule has 7 aromatic rings. The van der Waals surface area contributed by atoms with Crippen LogP contribution < -0.4 is 35.0 Å². The quantitative estimate of drug-likeness (QED) is 0.108. The molecular weight excluding hydrogens is 989 g/mol. The Balaban J connectivity index is -0.000000723. The first-order valence-corrected chi connectivity index (χ1v) is 18.5. The average Bonchev–Trinajstić information content (AvgIpc) is 4.14. The second-order valence-corrected chi connectivity index (χ2v) is 12.3. The van der Waals surface area contributed by atoms with Crippen LogP contribution in [0.1, 0.15) is 43.6 Å². The third kappa shape index (κ3) is 21.2. The number of aromatic carboxylic acids is 2. The molecular formula is C42H43BBr2FNaO17. The number of carbonyl (C=O) groups is 4. The average molecular weight is 1030 g/mol. The van der Waals surface area contributed by atoms with Crippen LogP contribution in [-0.2, 0) is 9.47 Å². The zero-order valence-corrected chi connectivity index (χ0v) is 39.6. The third-order valence-electron chi connectivity index (χ3n) is 6.96. The number of hydrogen-bond donors (Lipinski definition) is 5. The Kier molecular flexibility index (Phi) is 33.9. The molecule has 0 atom stereocenters. The molecule has 4 aromatic heterocycles. The van der Waals surface area contributed by atoms with Gasteiger partial charge in [-0.15, -0.1) is 0 Å². The van der Waals surface area contributed by atoms with Gasteiger partial charge in [-0.05, 0) is 72.7 Å². The molecule has 3 aromatic carbocycles. The molecule has 0 unspecified atom stereocenters. The molecule has 0 bridgehead atoms. The molecule has 0 saturated carbocycles. The number of alkyl halides is 1. The fraction of sp³-hybridized carbons (Fsp3) is 0.0952. The number of esters is 2. The number of benzene rings is 3. The van der Waals surface area contributed by atoms with E-state index in [1.807, 2.05) is 66.7 Å². The van der Waals surface area contributed by atoms with Gasteiger partial charge in [0.05, 0.1) is 56.7 Å². The molecule has 7 rings (SSSR count). The van der Waals surface area contributed by atoms with Gasteiger partial charge in [-0.2, -0.15) is 0 Å². The number of furan rings is 4. The molecule has 0 radical (unpaired) electrons. The second kappa shape index (κ2) is 35.8. The summed E-state index contributed by atoms with van der Waals surface area (Å²) in [6, 6.07) is 34.1. The summed E-state index contributed by atoms with van der Waals surface area (Å²) in [7, 11) is 1.29. The zero-order valence-electron chi connectivity index (χ0n) is 35.5. The number of methoxy groups -OCH3 is 2. The van der Waals surface area contributed by atoms with Crippen LogP contribution in [0.5, 0.6) is 0 Å². The van der Waals surface area contributed by atoms with Crippen molar-refractivity contribution < 1.29 is 118 Å². The van der Waals surface area contributed by atoms with E-state index in [9.17, 15) is 23.6 Å². The molecule has 4 heterocycles. The first-order valence-electron chi connectivity index (χ1n) is 17.6. The van der Waals surface area contributed by atoms with E-state index >= 15 is 0 Å². The van der Waals surface area contributed by atoms with Crippen molar-refractivity contribution in [1.82, 2.24) is 0 Å². The molecule has 0 aliphatic heterocycles. The summed E-state index contributed by atoms with van der Waals surface area (Å²) < 4.78 is 45.0. The summed E-state index contributed by atoms with van der Waals surface area (Å²) in [5.41, 5.74) is 3.67. The first-order chi connectivity index (χ1) is 29.8. The molecule has 8 N–H and O–H groups in total. The van der Waals surface area contributed by atoms with Gasteiger partial charge < -0.3 is 63.5 Å². The van der Waals surface area contributed by atoms with Gasteiger partial charge in [-0.3, -0.25) is 4.39 Å². The Hall–Kier alpha value is -5.59. The first kappa shape index (κ1) is 60.5. The van der Waals surface area contributed by atoms with Crippen molar-refractivity contribution in [2.45, 2.75) is 0 Å². The molecule has 0 saturated heterocycles. The summed E-state index contributed by atoms with van der Waals surface area (Å²) >= 11 is 6.11. The van der Waals surface area contributed by atoms with E-state index in [0.29, 0.717) is 20.0 Å². The van der Waals surface area contributed by atoms with Crippen LogP contribution >= 0.6 is 31.9 Å². The van der Waals surface area contributed by atoms with E-state index in [4.69, 9.17) is 40.0 Å². The maximum atomic E-state index is 11.4. The number of halogens is 3. The number of carboxylic acid groups (broad SMARTS) is 2. The van der Waals surface area contributed by atoms with Crippen LogP contribution in [0, 0.1) is 0 Å². The van der Waals surface area contributed by atoms with E-state index in [2.05, 4.69) is 45.8 Å². The largest absolute Gasteiger partial charge is 1.00 e. The Morgan fingerprint density at radius 1 is 0.578 bits per heavy atom. The Morgan fingerprint density at radius 2 is 0.891 bits per heavy atom. The number of carboxylic acids is 2. The monoisotopic (exact) mass is 1030 g/mol. The molecule has 0 aliphatic carbocycles. The fourth-order valence-electron chi connectivity index (χ4n) is 4.33. The SMILES string of the molecule is CO.COC(=O)c1occc1-c1ccccc1.COC(=O)c1occc1Br.O.O=C(O)c1occc1-c1ccccc1.O=C(O)c1occc1Br.OB(O)c1ccccc1.[2H]CF.[Na+].[OH-]. The van der Waals surface area contributed by atoms with Crippen molar-refractivity contribution in [1.29, 1.82) is 0 Å². The summed E-state index contributed by atoms with van der Waals surface area (Å²) in [6.07, 6.45) is 5.59. The molecule has 17 nitrogen and oxygen atoms in total. The molecule has 64 heavy (non-hydrogen) atoms. The van der Waals surface area contributed by atoms with Gasteiger partial charge in [-0.25, -0.2) is 19.2 Å². The Bertz CT molecular complexity index is 2320. The summed E-state index contributed by atoms with van der Waals surface area (Å²) in [4.78, 5) is 43.0. The minimum Gasteiger partial charge on any atom is -0.870 e. The van der Waals surface area contributed by atoms with Crippen molar-refractivity contribution in [2.24, 2.45) is 0 Å². The summed E-state index contributed by atoms with van der Waals surface area (Å²) in [5, 5.41) is 41.3. The molecule has 0 aliphatic rings. The van der Waals surface area contributed by atoms with E-state index in [-0.39, 0.29) is 63.6 Å². The summed E-state index contributed by atoms with van der Waals surface area (Å²) in [5.74, 6) is -2.69. The predicted molar refractivity (Wildman–Crippen MR) is 235 cm³/mol. The van der Waals surface area contributed by atoms with Crippen LogP contribution in [0.2, 0.25) is 0 Å². The Labute approximate surface area is 406 Å². The van der Waals surface area contributed by atoms with Gasteiger partial charge in [0.1, 0.15) is 0 Å². The van der Waals surface area contributed by atoms with Crippen molar-refractivity contribution in [3.05, 3.63) is 172 Å². The second-order valence-electron chi connectivity index (χ2n) is 10.6. The maximum absolute atomic E-state index is 11.4. The van der Waals surface area contributed by atoms with Gasteiger partial charge in [0.2, 0.25) is 23.0 Å². The van der Waals surface area contributed by atoms with Crippen LogP contribution in [-0.4, -0.2) is 95.8 Å². The van der Waals surface area contributed by atoms with Gasteiger partial charge in [-0.1, -0.05) is 91.0 Å². The number of carbonyl (C=O) groups excluding carboxylic acids is 2. The van der Waals surface area contributed by atoms with Crippen LogP contribution in [0.15, 0.2) is 167 Å². The minimum absolute atomic E-state index is 0. The van der Waals surface area contributed by atoms with Crippen molar-refractivity contribution in [2.75, 3.05) is 28.5 Å². The molecule has 0 amide bonds. The molecule has 22 heteroatoms. The number of ether oxygens (including phenoxy) is 2. The standard InChI is InChI=1S/C12H10O3.C11H8O3.C6H7BO2.C6H5BrO3.C5H3BrO3.CH3F.CH4O.Na.2H2O/c1-14-12(13)11-10(7-8-15-11)9-5-3-2-4-6-9;12-11(13)10-9(6-7-14-10)8-4-2-1-3-5-8;8-7(9)6-4-2-1-3-5-6;1-9-6(8)5-4(7)2-3-10-5;6-3-1-2-9-4(3)5(7)8;2*1-2;;;/h2-8H,1H3;1-7H,(H,12,13);1-5,8-9H;2-3H,1H3;1-2H,(H,7,8);1H3;2H,1H3;;2*1H2/q;;;;;;;+1;;/p-1/i;;;;;1D;;;;. The zero-order chi connectivity index (χ0) is 46.5. The van der Waals surface area contributed by atoms with Crippen LogP contribution in [0.3, 0.4) is 0 Å². The number of hydrogen-bond acceptors (Lipinski definition) is 14. The topological polar surface area (TPSA) is 302 Å². The smallest absolute Gasteiger partial charge is 0.870 e. The van der Waals surface area contributed by atoms with Gasteiger partial charge >= 0.3 is 60.6 Å². The summed E-state index contributed by atoms with van der Waals surface area (Å²) in [6.45, 7) is 0. The van der Waals surface area contributed by atoms with Crippen molar-refractivity contribution >= 4 is 68.3 Å². The molecule has 338 valence electrons. The van der Waals surface area contributed by atoms with Gasteiger partial charge in [0.15, 0.2) is 0 Å². The molecule has 0 spiro atoms. The van der Waals surface area contributed by atoms with E-state index in [1.54, 1.807) is 42.5 Å². The normalized spacial score (nSPS) is 8.98. The maximum Gasteiger partial charge on any atom is 1.00 e. The van der Waals surface area contributed by atoms with Crippen molar-refractivity contribution in [3.63, 3.8) is 0 Å². The third-order valence-corrected chi connectivity index (χ3v) is 8.21. The van der Waals surface area contributed by atoms with Crippen molar-refractivity contribution in [3.8, 4) is 22.3 Å². The molecule has 0 fully saturated rings. The van der Waals surface area contributed by atoms with Gasteiger partial charge in [0, 0.05) is 18.2 Å². The van der Waals surface area contributed by atoms with E-state index < -0.39 is 38.1 Å². The van der Waals surface area contributed by atoms with Crippen LogP contribution in [0.25, 0.3) is 22.3 Å². The van der Waals surface area contributed by atoms with Gasteiger partial charge in [0.25, 0.3) is 0 Å². The predicted octanol–water partition coefficient (Wildman–Crippen LogP) is 4.51. The minimum atomic E-state index is -1.34. The van der Waals surface area contributed by atoms with E-state index in [0.717, 1.165) is 23.8 Å². The number of aliphatic hydroxyl groups excluding tert-OH is 1. The van der Waals surface area contributed by atoms with E-state index in [1.165, 1.54) is 45.3 Å². The van der Waals surface area contributed by atoms with Crippen LogP contribution in [0.4, 0.5) is 4.39 Å². The Morgan fingerprint density at radius 3 is 1.20 bits per heavy atom. The number of rotatable bonds is 7. The number of aliphatic hydroxyl groups is 1.